The zero-order valence-corrected chi connectivity index (χ0v) is 23.1. The molecule has 4 aliphatic carbocycles. The molecule has 190 valence electrons. The molecule has 0 radical (unpaired) electrons. The van der Waals surface area contributed by atoms with Crippen molar-refractivity contribution < 1.29 is 0 Å². The van der Waals surface area contributed by atoms with Gasteiger partial charge in [0.25, 0.3) is 0 Å². The lowest BCUT2D eigenvalue weighted by Crippen LogP contribution is -2.56. The molecule has 6 unspecified atom stereocenters. The lowest BCUT2D eigenvalue weighted by Gasteiger charge is -2.62. The summed E-state index contributed by atoms with van der Waals surface area (Å²) in [4.78, 5) is 2.91. The molecule has 33 heavy (non-hydrogen) atoms. The maximum atomic E-state index is 2.91. The molecule has 1 aliphatic heterocycles. The van der Waals surface area contributed by atoms with Gasteiger partial charge in [0.15, 0.2) is 0 Å². The maximum Gasteiger partial charge on any atom is 0.00983 e. The summed E-state index contributed by atoms with van der Waals surface area (Å²) in [5, 5.41) is 0. The van der Waals surface area contributed by atoms with Gasteiger partial charge in [-0.25, -0.2) is 0 Å². The molecule has 0 aromatic rings. The van der Waals surface area contributed by atoms with E-state index in [-0.39, 0.29) is 0 Å². The van der Waals surface area contributed by atoms with Gasteiger partial charge in [0.1, 0.15) is 0 Å². The molecule has 1 nitrogen and oxygen atoms in total. The van der Waals surface area contributed by atoms with Gasteiger partial charge in [-0.2, -0.15) is 0 Å². The quantitative estimate of drug-likeness (QED) is 0.386. The van der Waals surface area contributed by atoms with E-state index in [2.05, 4.69) is 39.5 Å². The maximum absolute atomic E-state index is 2.91. The minimum Gasteiger partial charge on any atom is -0.300 e. The van der Waals surface area contributed by atoms with Gasteiger partial charge < -0.3 is 4.90 Å². The van der Waals surface area contributed by atoms with Crippen LogP contribution in [-0.2, 0) is 0 Å². The fourth-order valence-corrected chi connectivity index (χ4v) is 10.9. The summed E-state index contributed by atoms with van der Waals surface area (Å²) >= 11 is 0. The zero-order chi connectivity index (χ0) is 23.2. The summed E-state index contributed by atoms with van der Waals surface area (Å²) < 4.78 is 0. The van der Waals surface area contributed by atoms with Crippen LogP contribution in [0.2, 0.25) is 0 Å². The molecule has 5 aliphatic rings. The molecule has 4 saturated carbocycles. The van der Waals surface area contributed by atoms with Crippen LogP contribution >= 0.6 is 0 Å². The Bertz CT molecular complexity index is 649. The molecule has 1 heteroatoms. The van der Waals surface area contributed by atoms with Gasteiger partial charge >= 0.3 is 0 Å². The molecule has 1 heterocycles. The Morgan fingerprint density at radius 1 is 0.758 bits per heavy atom. The van der Waals surface area contributed by atoms with Crippen LogP contribution in [0.5, 0.6) is 0 Å². The molecular weight excluding hydrogens is 398 g/mol. The van der Waals surface area contributed by atoms with Crippen molar-refractivity contribution in [1.82, 2.24) is 4.90 Å². The van der Waals surface area contributed by atoms with Crippen LogP contribution in [0.1, 0.15) is 131 Å². The zero-order valence-electron chi connectivity index (χ0n) is 23.1. The summed E-state index contributed by atoms with van der Waals surface area (Å²) in [6, 6.07) is 0.927. The number of hydrogen-bond acceptors (Lipinski definition) is 1. The molecule has 0 bridgehead atoms. The molecular formula is C32H57N. The van der Waals surface area contributed by atoms with E-state index < -0.39 is 0 Å². The fourth-order valence-electron chi connectivity index (χ4n) is 10.9. The Labute approximate surface area is 207 Å². The van der Waals surface area contributed by atoms with Gasteiger partial charge in [0.2, 0.25) is 0 Å². The Kier molecular flexibility index (Phi) is 7.31. The second-order valence-electron chi connectivity index (χ2n) is 14.7. The van der Waals surface area contributed by atoms with Crippen LogP contribution in [0.4, 0.5) is 0 Å². The normalized spacial score (nSPS) is 47.1. The number of nitrogens with zero attached hydrogens (tertiary/aromatic N) is 1. The summed E-state index contributed by atoms with van der Waals surface area (Å²) in [5.41, 5.74) is 1.32. The SMILES string of the molecule is CC(C)CCC[C@@H](C)[C@H]1CCC2C3CCC4CC(N5CCCCC5)CCC4(C)C3CC[C@@]21C. The van der Waals surface area contributed by atoms with Gasteiger partial charge in [-0.1, -0.05) is 60.3 Å². The van der Waals surface area contributed by atoms with Crippen molar-refractivity contribution in [1.29, 1.82) is 0 Å². The smallest absolute Gasteiger partial charge is 0.00983 e. The standard InChI is InChI=1S/C32H57N/c1-23(2)10-9-11-24(3)28-14-15-29-27-13-12-25-22-26(33-20-7-6-8-21-33)16-18-31(25,4)30(27)17-19-32(28,29)5/h23-30H,6-22H2,1-5H3/t24-,25?,26?,27?,28-,29?,30?,31?,32-/m1/s1. The first kappa shape index (κ1) is 24.6. The van der Waals surface area contributed by atoms with Gasteiger partial charge in [-0.05, 0) is 136 Å². The number of likely N-dealkylation sites (tertiary alicyclic amines) is 1. The van der Waals surface area contributed by atoms with E-state index in [0.29, 0.717) is 10.8 Å². The first-order valence-corrected chi connectivity index (χ1v) is 15.6. The lowest BCUT2D eigenvalue weighted by molar-refractivity contribution is -0.124. The lowest BCUT2D eigenvalue weighted by atomic mass is 9.44. The van der Waals surface area contributed by atoms with Crippen molar-refractivity contribution >= 4 is 0 Å². The van der Waals surface area contributed by atoms with Crippen LogP contribution in [-0.4, -0.2) is 24.0 Å². The Hall–Kier alpha value is -0.0400. The molecule has 1 saturated heterocycles. The third kappa shape index (κ3) is 4.49. The molecule has 0 aromatic heterocycles. The monoisotopic (exact) mass is 455 g/mol. The minimum absolute atomic E-state index is 0.659. The van der Waals surface area contributed by atoms with Crippen LogP contribution in [0, 0.1) is 52.3 Å². The Balaban J connectivity index is 1.24. The second-order valence-corrected chi connectivity index (χ2v) is 14.7. The molecule has 0 spiro atoms. The minimum atomic E-state index is 0.659. The van der Waals surface area contributed by atoms with E-state index in [1.165, 1.54) is 64.5 Å². The summed E-state index contributed by atoms with van der Waals surface area (Å²) in [6.45, 7) is 15.8. The average molecular weight is 456 g/mol. The van der Waals surface area contributed by atoms with E-state index in [4.69, 9.17) is 0 Å². The van der Waals surface area contributed by atoms with Gasteiger partial charge in [0.05, 0.1) is 0 Å². The first-order chi connectivity index (χ1) is 15.8. The van der Waals surface area contributed by atoms with Gasteiger partial charge in [-0.3, -0.25) is 0 Å². The summed E-state index contributed by atoms with van der Waals surface area (Å²) in [5.74, 6) is 7.01. The summed E-state index contributed by atoms with van der Waals surface area (Å²) in [7, 11) is 0. The van der Waals surface area contributed by atoms with Crippen molar-refractivity contribution in [2.24, 2.45) is 52.3 Å². The van der Waals surface area contributed by atoms with E-state index in [0.717, 1.165) is 47.5 Å². The van der Waals surface area contributed by atoms with Crippen LogP contribution in [0.15, 0.2) is 0 Å². The van der Waals surface area contributed by atoms with E-state index in [9.17, 15) is 0 Å². The highest BCUT2D eigenvalue weighted by atomic mass is 15.2. The first-order valence-electron chi connectivity index (χ1n) is 15.6. The topological polar surface area (TPSA) is 3.24 Å². The summed E-state index contributed by atoms with van der Waals surface area (Å²) in [6.07, 6.45) is 22.7. The Morgan fingerprint density at radius 3 is 2.24 bits per heavy atom. The highest BCUT2D eigenvalue weighted by molar-refractivity contribution is 5.10. The second kappa shape index (κ2) is 9.78. The van der Waals surface area contributed by atoms with Crippen molar-refractivity contribution in [2.75, 3.05) is 13.1 Å². The van der Waals surface area contributed by atoms with Crippen LogP contribution in [0.3, 0.4) is 0 Å². The number of piperidine rings is 1. The third-order valence-corrected chi connectivity index (χ3v) is 12.7. The van der Waals surface area contributed by atoms with E-state index in [1.54, 1.807) is 44.9 Å². The molecule has 5 rings (SSSR count). The van der Waals surface area contributed by atoms with E-state index in [1.807, 2.05) is 0 Å². The van der Waals surface area contributed by atoms with Crippen molar-refractivity contribution in [3.05, 3.63) is 0 Å². The number of rotatable bonds is 6. The molecule has 5 fully saturated rings. The third-order valence-electron chi connectivity index (χ3n) is 12.7. The Morgan fingerprint density at radius 2 is 1.48 bits per heavy atom. The van der Waals surface area contributed by atoms with Gasteiger partial charge in [0, 0.05) is 6.04 Å². The number of hydrogen-bond donors (Lipinski definition) is 0. The average Bonchev–Trinajstić information content (AvgIpc) is 3.16. The fraction of sp³-hybridized carbons (Fsp3) is 1.00. The van der Waals surface area contributed by atoms with Crippen LogP contribution < -0.4 is 0 Å². The highest BCUT2D eigenvalue weighted by Gasteiger charge is 2.60. The van der Waals surface area contributed by atoms with Crippen molar-refractivity contribution in [3.8, 4) is 0 Å². The predicted octanol–water partition coefficient (Wildman–Crippen LogP) is 8.96. The molecule has 0 amide bonds. The van der Waals surface area contributed by atoms with E-state index >= 15 is 0 Å². The van der Waals surface area contributed by atoms with Crippen molar-refractivity contribution in [2.45, 2.75) is 137 Å². The molecule has 9 atom stereocenters. The van der Waals surface area contributed by atoms with Crippen molar-refractivity contribution in [3.63, 3.8) is 0 Å². The number of fused-ring (bicyclic) bond motifs is 5. The van der Waals surface area contributed by atoms with Crippen LogP contribution in [0.25, 0.3) is 0 Å². The molecule has 0 aromatic carbocycles. The highest BCUT2D eigenvalue weighted by Crippen LogP contribution is 2.68. The largest absolute Gasteiger partial charge is 0.300 e. The van der Waals surface area contributed by atoms with Gasteiger partial charge in [-0.15, -0.1) is 0 Å². The molecule has 0 N–H and O–H groups in total. The predicted molar refractivity (Wildman–Crippen MR) is 142 cm³/mol.